The summed E-state index contributed by atoms with van der Waals surface area (Å²) in [6.07, 6.45) is 1.68. The van der Waals surface area contributed by atoms with Crippen molar-refractivity contribution in [3.63, 3.8) is 0 Å². The third-order valence-corrected chi connectivity index (χ3v) is 3.50. The minimum absolute atomic E-state index is 0.126. The molecular weight excluding hydrogens is 233 g/mol. The Bertz CT molecular complexity index is 442. The summed E-state index contributed by atoms with van der Waals surface area (Å²) in [7, 11) is 3.14. The molecule has 1 aromatic rings. The molecule has 0 spiro atoms. The van der Waals surface area contributed by atoms with Crippen molar-refractivity contribution in [3.05, 3.63) is 23.3 Å². The molecule has 2 rings (SSSR count). The van der Waals surface area contributed by atoms with Crippen LogP contribution in [-0.2, 0) is 6.42 Å². The minimum atomic E-state index is -1.07. The van der Waals surface area contributed by atoms with Gasteiger partial charge in [0.1, 0.15) is 17.7 Å². The molecule has 1 aromatic carbocycles. The van der Waals surface area contributed by atoms with E-state index in [9.17, 15) is 4.39 Å². The largest absolute Gasteiger partial charge is 0.496 e. The SMILES string of the molecule is COc1cc(OC)c(C(C)F)cc1CC1(N)CC1. The lowest BCUT2D eigenvalue weighted by Gasteiger charge is -2.17. The molecule has 1 fully saturated rings. The lowest BCUT2D eigenvalue weighted by Crippen LogP contribution is -2.24. The molecule has 4 heteroatoms. The van der Waals surface area contributed by atoms with Crippen LogP contribution in [0.3, 0.4) is 0 Å². The molecular formula is C14H20FNO2. The highest BCUT2D eigenvalue weighted by molar-refractivity contribution is 5.48. The third kappa shape index (κ3) is 2.58. The van der Waals surface area contributed by atoms with E-state index in [0.29, 0.717) is 17.1 Å². The van der Waals surface area contributed by atoms with E-state index in [0.717, 1.165) is 24.8 Å². The van der Waals surface area contributed by atoms with E-state index in [2.05, 4.69) is 0 Å². The second-order valence-corrected chi connectivity index (χ2v) is 5.06. The second kappa shape index (κ2) is 4.76. The van der Waals surface area contributed by atoms with Crippen molar-refractivity contribution < 1.29 is 13.9 Å². The van der Waals surface area contributed by atoms with Gasteiger partial charge in [-0.05, 0) is 37.8 Å². The molecule has 0 saturated heterocycles. The van der Waals surface area contributed by atoms with E-state index in [4.69, 9.17) is 15.2 Å². The summed E-state index contributed by atoms with van der Waals surface area (Å²) in [5, 5.41) is 0. The molecule has 1 aliphatic rings. The monoisotopic (exact) mass is 253 g/mol. The molecule has 2 N–H and O–H groups in total. The van der Waals surface area contributed by atoms with Crippen LogP contribution in [0.15, 0.2) is 12.1 Å². The Kier molecular flexibility index (Phi) is 3.48. The van der Waals surface area contributed by atoms with Crippen molar-refractivity contribution in [1.29, 1.82) is 0 Å². The summed E-state index contributed by atoms with van der Waals surface area (Å²) in [4.78, 5) is 0. The van der Waals surface area contributed by atoms with E-state index in [1.807, 2.05) is 6.07 Å². The Morgan fingerprint density at radius 2 is 1.89 bits per heavy atom. The number of rotatable bonds is 5. The lowest BCUT2D eigenvalue weighted by molar-refractivity contribution is 0.341. The van der Waals surface area contributed by atoms with Gasteiger partial charge in [0.2, 0.25) is 0 Å². The summed E-state index contributed by atoms with van der Waals surface area (Å²) in [6.45, 7) is 1.50. The lowest BCUT2D eigenvalue weighted by atomic mass is 9.99. The fraction of sp³-hybridized carbons (Fsp3) is 0.571. The van der Waals surface area contributed by atoms with E-state index in [1.165, 1.54) is 14.0 Å². The first kappa shape index (κ1) is 13.1. The molecule has 1 aliphatic carbocycles. The average Bonchev–Trinajstić information content (AvgIpc) is 3.06. The molecule has 0 amide bonds. The molecule has 0 radical (unpaired) electrons. The molecule has 0 heterocycles. The topological polar surface area (TPSA) is 44.5 Å². The van der Waals surface area contributed by atoms with Gasteiger partial charge in [-0.15, -0.1) is 0 Å². The number of methoxy groups -OCH3 is 2. The van der Waals surface area contributed by atoms with Crippen LogP contribution in [-0.4, -0.2) is 19.8 Å². The third-order valence-electron chi connectivity index (χ3n) is 3.50. The summed E-state index contributed by atoms with van der Waals surface area (Å²) in [5.74, 6) is 1.24. The Balaban J connectivity index is 2.39. The van der Waals surface area contributed by atoms with Gasteiger partial charge in [0, 0.05) is 17.2 Å². The molecule has 1 unspecified atom stereocenters. The fourth-order valence-electron chi connectivity index (χ4n) is 2.16. The van der Waals surface area contributed by atoms with Gasteiger partial charge in [0.05, 0.1) is 14.2 Å². The summed E-state index contributed by atoms with van der Waals surface area (Å²) < 4.78 is 24.1. The van der Waals surface area contributed by atoms with Crippen LogP contribution in [0.25, 0.3) is 0 Å². The van der Waals surface area contributed by atoms with Gasteiger partial charge in [-0.1, -0.05) is 0 Å². The zero-order valence-electron chi connectivity index (χ0n) is 11.1. The van der Waals surface area contributed by atoms with E-state index in [-0.39, 0.29) is 5.54 Å². The van der Waals surface area contributed by atoms with Gasteiger partial charge in [0.25, 0.3) is 0 Å². The van der Waals surface area contributed by atoms with E-state index >= 15 is 0 Å². The van der Waals surface area contributed by atoms with Crippen LogP contribution < -0.4 is 15.2 Å². The number of halogens is 1. The normalized spacial score (nSPS) is 18.3. The first-order valence-corrected chi connectivity index (χ1v) is 6.17. The first-order chi connectivity index (χ1) is 8.49. The van der Waals surface area contributed by atoms with Crippen molar-refractivity contribution in [2.45, 2.75) is 37.9 Å². The highest BCUT2D eigenvalue weighted by Gasteiger charge is 2.39. The van der Waals surface area contributed by atoms with Crippen molar-refractivity contribution in [2.24, 2.45) is 5.73 Å². The Labute approximate surface area is 107 Å². The second-order valence-electron chi connectivity index (χ2n) is 5.06. The Hall–Kier alpha value is -1.29. The van der Waals surface area contributed by atoms with Crippen LogP contribution in [0.2, 0.25) is 0 Å². The average molecular weight is 253 g/mol. The van der Waals surface area contributed by atoms with Gasteiger partial charge >= 0.3 is 0 Å². The highest BCUT2D eigenvalue weighted by Crippen LogP contribution is 2.41. The summed E-state index contributed by atoms with van der Waals surface area (Å²) >= 11 is 0. The smallest absolute Gasteiger partial charge is 0.128 e. The summed E-state index contributed by atoms with van der Waals surface area (Å²) in [6, 6.07) is 3.56. The Morgan fingerprint density at radius 1 is 1.28 bits per heavy atom. The molecule has 0 aromatic heterocycles. The molecule has 1 atom stereocenters. The van der Waals surface area contributed by atoms with Gasteiger partial charge < -0.3 is 15.2 Å². The maximum atomic E-state index is 13.6. The molecule has 0 bridgehead atoms. The number of alkyl halides is 1. The number of ether oxygens (including phenoxy) is 2. The predicted octanol–water partition coefficient (Wildman–Crippen LogP) is 2.77. The van der Waals surface area contributed by atoms with Crippen LogP contribution in [0, 0.1) is 0 Å². The number of hydrogen-bond donors (Lipinski definition) is 1. The van der Waals surface area contributed by atoms with Crippen molar-refractivity contribution in [1.82, 2.24) is 0 Å². The van der Waals surface area contributed by atoms with Crippen LogP contribution in [0.1, 0.15) is 37.1 Å². The molecule has 3 nitrogen and oxygen atoms in total. The predicted molar refractivity (Wildman–Crippen MR) is 68.9 cm³/mol. The number of nitrogens with two attached hydrogens (primary N) is 1. The van der Waals surface area contributed by atoms with E-state index in [1.54, 1.807) is 13.2 Å². The van der Waals surface area contributed by atoms with Crippen molar-refractivity contribution in [2.75, 3.05) is 14.2 Å². The standard InChI is InChI=1S/C14H20FNO2/c1-9(15)11-6-10(8-14(16)4-5-14)12(17-2)7-13(11)18-3/h6-7,9H,4-5,8,16H2,1-3H3. The van der Waals surface area contributed by atoms with Crippen LogP contribution >= 0.6 is 0 Å². The van der Waals surface area contributed by atoms with Gasteiger partial charge in [0.15, 0.2) is 0 Å². The van der Waals surface area contributed by atoms with Gasteiger partial charge in [-0.25, -0.2) is 4.39 Å². The molecule has 0 aliphatic heterocycles. The first-order valence-electron chi connectivity index (χ1n) is 6.17. The maximum Gasteiger partial charge on any atom is 0.128 e. The Morgan fingerprint density at radius 3 is 2.33 bits per heavy atom. The van der Waals surface area contributed by atoms with Gasteiger partial charge in [-0.2, -0.15) is 0 Å². The minimum Gasteiger partial charge on any atom is -0.496 e. The molecule has 18 heavy (non-hydrogen) atoms. The summed E-state index contributed by atoms with van der Waals surface area (Å²) in [5.41, 5.74) is 7.50. The quantitative estimate of drug-likeness (QED) is 0.877. The van der Waals surface area contributed by atoms with Crippen LogP contribution in [0.4, 0.5) is 4.39 Å². The zero-order chi connectivity index (χ0) is 13.3. The van der Waals surface area contributed by atoms with E-state index < -0.39 is 6.17 Å². The number of hydrogen-bond acceptors (Lipinski definition) is 3. The van der Waals surface area contributed by atoms with Crippen molar-refractivity contribution in [3.8, 4) is 11.5 Å². The highest BCUT2D eigenvalue weighted by atomic mass is 19.1. The zero-order valence-corrected chi connectivity index (χ0v) is 11.1. The molecule has 100 valence electrons. The van der Waals surface area contributed by atoms with Crippen molar-refractivity contribution >= 4 is 0 Å². The molecule has 1 saturated carbocycles. The maximum absolute atomic E-state index is 13.6. The van der Waals surface area contributed by atoms with Crippen LogP contribution in [0.5, 0.6) is 11.5 Å². The fourth-order valence-corrected chi connectivity index (χ4v) is 2.16. The van der Waals surface area contributed by atoms with Gasteiger partial charge in [-0.3, -0.25) is 0 Å². The number of benzene rings is 1.